The van der Waals surface area contributed by atoms with E-state index in [2.05, 4.69) is 14.4 Å². The minimum atomic E-state index is -4.89. The molecule has 0 atom stereocenters. The van der Waals surface area contributed by atoms with E-state index in [1.807, 2.05) is 0 Å². The summed E-state index contributed by atoms with van der Waals surface area (Å²) >= 11 is 0. The molecular weight excluding hydrogens is 607 g/mol. The molecule has 0 spiro atoms. The highest BCUT2D eigenvalue weighted by Crippen LogP contribution is 2.37. The lowest BCUT2D eigenvalue weighted by atomic mass is 10.0. The van der Waals surface area contributed by atoms with Gasteiger partial charge in [0.05, 0.1) is 22.0 Å². The Labute approximate surface area is 250 Å². The van der Waals surface area contributed by atoms with Crippen molar-refractivity contribution in [2.24, 2.45) is 11.6 Å². The van der Waals surface area contributed by atoms with Crippen molar-refractivity contribution in [3.63, 3.8) is 0 Å². The Hall–Kier alpha value is -4.47. The number of sulfonamides is 1. The van der Waals surface area contributed by atoms with E-state index in [1.165, 1.54) is 49.0 Å². The molecule has 5 N–H and O–H groups in total. The van der Waals surface area contributed by atoms with Crippen LogP contribution in [0.3, 0.4) is 0 Å². The van der Waals surface area contributed by atoms with Gasteiger partial charge in [-0.1, -0.05) is 25.1 Å². The first-order valence-corrected chi connectivity index (χ1v) is 14.5. The van der Waals surface area contributed by atoms with Crippen LogP contribution in [-0.4, -0.2) is 31.4 Å². The molecule has 0 aliphatic rings. The van der Waals surface area contributed by atoms with Crippen LogP contribution in [-0.2, 0) is 15.9 Å². The second kappa shape index (κ2) is 12.3. The normalized spacial score (nSPS) is 12.8. The van der Waals surface area contributed by atoms with E-state index in [9.17, 15) is 30.4 Å². The zero-order valence-corrected chi connectivity index (χ0v) is 24.5. The predicted molar refractivity (Wildman–Crippen MR) is 156 cm³/mol. The molecule has 1 aromatic heterocycles. The molecule has 9 nitrogen and oxygen atoms in total. The van der Waals surface area contributed by atoms with Crippen LogP contribution in [0.4, 0.5) is 27.6 Å². The Morgan fingerprint density at radius 1 is 1.05 bits per heavy atom. The van der Waals surface area contributed by atoms with E-state index in [1.54, 1.807) is 37.3 Å². The maximum absolute atomic E-state index is 14.6. The van der Waals surface area contributed by atoms with Crippen LogP contribution < -0.4 is 26.0 Å². The molecule has 0 aliphatic carbocycles. The van der Waals surface area contributed by atoms with E-state index >= 15 is 0 Å². The fourth-order valence-corrected chi connectivity index (χ4v) is 5.18. The maximum Gasteiger partial charge on any atom is 0.573 e. The summed E-state index contributed by atoms with van der Waals surface area (Å²) in [5.74, 6) is 3.16. The standard InChI is InChI=1S/C29H29F5N6O3S/c1-4-28(30,31)27-17-39(18(2)38-27)24-13-10-21(20-6-5-7-23(14-20)44(41,42)37-3)15-25(24)40(36)26(16-35)19-8-11-22(12-9-19)43-29(32,33)34/h5-17,37H,4,35-36H2,1-3H3/b26-16-. The predicted octanol–water partition coefficient (Wildman–Crippen LogP) is 5.79. The van der Waals surface area contributed by atoms with Crippen molar-refractivity contribution >= 4 is 21.4 Å². The summed E-state index contributed by atoms with van der Waals surface area (Å²) in [5, 5.41) is 1.14. The van der Waals surface area contributed by atoms with Crippen LogP contribution in [0.5, 0.6) is 5.75 Å². The van der Waals surface area contributed by atoms with Crippen molar-refractivity contribution < 1.29 is 35.1 Å². The molecule has 3 aromatic carbocycles. The number of halogens is 5. The molecule has 15 heteroatoms. The van der Waals surface area contributed by atoms with Gasteiger partial charge in [-0.15, -0.1) is 13.2 Å². The fourth-order valence-electron chi connectivity index (χ4n) is 4.41. The molecule has 0 bridgehead atoms. The van der Waals surface area contributed by atoms with Crippen LogP contribution in [0, 0.1) is 6.92 Å². The van der Waals surface area contributed by atoms with Crippen LogP contribution in [0.15, 0.2) is 84.0 Å². The lowest BCUT2D eigenvalue weighted by Gasteiger charge is -2.26. The van der Waals surface area contributed by atoms with E-state index in [0.29, 0.717) is 22.4 Å². The number of aromatic nitrogens is 2. The summed E-state index contributed by atoms with van der Waals surface area (Å²) in [4.78, 5) is 4.06. The quantitative estimate of drug-likeness (QED) is 0.114. The highest BCUT2D eigenvalue weighted by Gasteiger charge is 2.33. The number of aryl methyl sites for hydroxylation is 1. The molecule has 4 aromatic rings. The molecule has 0 unspecified atom stereocenters. The number of hydrogen-bond donors (Lipinski definition) is 3. The maximum atomic E-state index is 14.6. The van der Waals surface area contributed by atoms with Gasteiger partial charge in [-0.2, -0.15) is 8.78 Å². The number of alkyl halides is 5. The zero-order valence-electron chi connectivity index (χ0n) is 23.7. The molecule has 4 rings (SSSR count). The van der Waals surface area contributed by atoms with Crippen LogP contribution in [0.2, 0.25) is 0 Å². The van der Waals surface area contributed by atoms with Gasteiger partial charge < -0.3 is 15.0 Å². The lowest BCUT2D eigenvalue weighted by Crippen LogP contribution is -2.31. The fraction of sp³-hybridized carbons (Fsp3) is 0.207. The SMILES string of the molecule is CCC(F)(F)c1cn(-c2ccc(-c3cccc(S(=O)(=O)NC)c3)cc2N(N)/C(=C\N)c2ccc(OC(F)(F)F)cc2)c(C)n1. The number of benzene rings is 3. The topological polar surface area (TPSA) is 128 Å². The summed E-state index contributed by atoms with van der Waals surface area (Å²) in [6.07, 6.45) is -3.03. The van der Waals surface area contributed by atoms with Crippen LogP contribution in [0.1, 0.15) is 30.4 Å². The summed E-state index contributed by atoms with van der Waals surface area (Å²) in [5.41, 5.74) is 7.47. The molecule has 0 saturated heterocycles. The van der Waals surface area contributed by atoms with Crippen molar-refractivity contribution in [2.75, 3.05) is 12.1 Å². The number of nitrogens with one attached hydrogen (secondary N) is 1. The Bertz CT molecular complexity index is 1790. The largest absolute Gasteiger partial charge is 0.573 e. The molecule has 0 aliphatic heterocycles. The van der Waals surface area contributed by atoms with E-state index < -0.39 is 40.2 Å². The Morgan fingerprint density at radius 3 is 2.30 bits per heavy atom. The lowest BCUT2D eigenvalue weighted by molar-refractivity contribution is -0.274. The first-order valence-electron chi connectivity index (χ1n) is 13.1. The molecule has 0 radical (unpaired) electrons. The molecule has 0 amide bonds. The van der Waals surface area contributed by atoms with Gasteiger partial charge in [0, 0.05) is 24.4 Å². The van der Waals surface area contributed by atoms with E-state index in [-0.39, 0.29) is 22.1 Å². The van der Waals surface area contributed by atoms with Crippen LogP contribution >= 0.6 is 0 Å². The monoisotopic (exact) mass is 636 g/mol. The minimum absolute atomic E-state index is 0.00772. The first kappa shape index (κ1) is 32.4. The van der Waals surface area contributed by atoms with Gasteiger partial charge in [0.25, 0.3) is 5.92 Å². The molecule has 0 fully saturated rings. The molecule has 234 valence electrons. The minimum Gasteiger partial charge on any atom is -0.406 e. The third-order valence-corrected chi connectivity index (χ3v) is 8.16. The smallest absolute Gasteiger partial charge is 0.406 e. The van der Waals surface area contributed by atoms with Crippen molar-refractivity contribution in [1.29, 1.82) is 0 Å². The number of anilines is 1. The third kappa shape index (κ3) is 6.85. The number of rotatable bonds is 10. The Kier molecular flexibility index (Phi) is 9.04. The molecular formula is C29H29F5N6O3S. The molecule has 0 saturated carbocycles. The number of hydrazine groups is 1. The first-order chi connectivity index (χ1) is 20.6. The van der Waals surface area contributed by atoms with Gasteiger partial charge in [0.15, 0.2) is 0 Å². The van der Waals surface area contributed by atoms with Crippen LogP contribution in [0.25, 0.3) is 22.5 Å². The third-order valence-electron chi connectivity index (χ3n) is 6.74. The zero-order chi connectivity index (χ0) is 32.4. The van der Waals surface area contributed by atoms with E-state index in [4.69, 9.17) is 11.6 Å². The Morgan fingerprint density at radius 2 is 1.70 bits per heavy atom. The summed E-state index contributed by atoms with van der Waals surface area (Å²) in [6, 6.07) is 15.8. The highest BCUT2D eigenvalue weighted by molar-refractivity contribution is 7.89. The average molecular weight is 637 g/mol. The van der Waals surface area contributed by atoms with Gasteiger partial charge >= 0.3 is 6.36 Å². The van der Waals surface area contributed by atoms with Gasteiger partial charge in [-0.05, 0) is 73.6 Å². The van der Waals surface area contributed by atoms with Crippen molar-refractivity contribution in [3.05, 3.63) is 96.2 Å². The number of nitrogens with zero attached hydrogens (tertiary/aromatic N) is 3. The van der Waals surface area contributed by atoms with Gasteiger partial charge in [-0.25, -0.2) is 24.0 Å². The van der Waals surface area contributed by atoms with Crippen molar-refractivity contribution in [3.8, 4) is 22.6 Å². The number of nitrogens with two attached hydrogens (primary N) is 2. The number of hydrogen-bond acceptors (Lipinski definition) is 7. The van der Waals surface area contributed by atoms with Gasteiger partial charge in [0.2, 0.25) is 10.0 Å². The van der Waals surface area contributed by atoms with Gasteiger partial charge in [-0.3, -0.25) is 5.01 Å². The van der Waals surface area contributed by atoms with E-state index in [0.717, 1.165) is 23.3 Å². The van der Waals surface area contributed by atoms with Crippen molar-refractivity contribution in [2.45, 2.75) is 37.4 Å². The Balaban J connectivity index is 1.87. The van der Waals surface area contributed by atoms with Gasteiger partial charge in [0.1, 0.15) is 17.3 Å². The summed E-state index contributed by atoms with van der Waals surface area (Å²) in [6.45, 7) is 2.88. The highest BCUT2D eigenvalue weighted by atomic mass is 32.2. The van der Waals surface area contributed by atoms with Crippen molar-refractivity contribution in [1.82, 2.24) is 14.3 Å². The summed E-state index contributed by atoms with van der Waals surface area (Å²) in [7, 11) is -2.48. The number of ether oxygens (including phenoxy) is 1. The second-order valence-corrected chi connectivity index (χ2v) is 11.4. The second-order valence-electron chi connectivity index (χ2n) is 9.53. The average Bonchev–Trinajstić information content (AvgIpc) is 3.39. The molecule has 1 heterocycles. The number of imidazole rings is 1. The summed E-state index contributed by atoms with van der Waals surface area (Å²) < 4.78 is 99.6. The molecule has 44 heavy (non-hydrogen) atoms.